The molecule has 0 aliphatic heterocycles. The van der Waals surface area contributed by atoms with Crippen molar-refractivity contribution < 1.29 is 0 Å². The molecule has 0 amide bonds. The first kappa shape index (κ1) is 26.3. The number of thiophene rings is 1. The van der Waals surface area contributed by atoms with Crippen LogP contribution < -0.4 is 4.90 Å². The molecule has 0 fully saturated rings. The SMILES string of the molecule is c1ccc(-c2ccc(N(c3ccccc3)c3cc4ccc5cc6c7ccccc7sc6c6c5c4c(c3)n6-c3ccccc3)cc2)cc1. The second-order valence-electron chi connectivity index (χ2n) is 12.2. The van der Waals surface area contributed by atoms with Gasteiger partial charge in [-0.2, -0.15) is 0 Å². The highest BCUT2D eigenvalue weighted by Gasteiger charge is 2.23. The van der Waals surface area contributed by atoms with Gasteiger partial charge in [0.05, 0.1) is 15.7 Å². The van der Waals surface area contributed by atoms with E-state index in [0.717, 1.165) is 17.1 Å². The van der Waals surface area contributed by atoms with Crippen LogP contribution in [0.25, 0.3) is 69.6 Å². The smallest absolute Gasteiger partial charge is 0.0726 e. The van der Waals surface area contributed by atoms with Crippen molar-refractivity contribution in [1.29, 1.82) is 0 Å². The minimum Gasteiger partial charge on any atom is -0.310 e. The monoisotopic (exact) mass is 616 g/mol. The number of anilines is 3. The Morgan fingerprint density at radius 3 is 1.83 bits per heavy atom. The zero-order chi connectivity index (χ0) is 30.9. The van der Waals surface area contributed by atoms with Crippen molar-refractivity contribution >= 4 is 81.1 Å². The van der Waals surface area contributed by atoms with E-state index in [1.54, 1.807) is 0 Å². The zero-order valence-corrected chi connectivity index (χ0v) is 26.3. The summed E-state index contributed by atoms with van der Waals surface area (Å²) in [5.74, 6) is 0. The number of aromatic nitrogens is 1. The van der Waals surface area contributed by atoms with Crippen LogP contribution in [0.1, 0.15) is 0 Å². The molecule has 0 radical (unpaired) electrons. The van der Waals surface area contributed by atoms with Gasteiger partial charge in [-0.05, 0) is 82.6 Å². The topological polar surface area (TPSA) is 8.17 Å². The highest BCUT2D eigenvalue weighted by Crippen LogP contribution is 2.48. The Hall–Kier alpha value is -5.90. The lowest BCUT2D eigenvalue weighted by atomic mass is 9.99. The number of rotatable bonds is 5. The molecule has 0 saturated carbocycles. The highest BCUT2D eigenvalue weighted by molar-refractivity contribution is 7.26. The van der Waals surface area contributed by atoms with Crippen LogP contribution in [0.4, 0.5) is 17.1 Å². The fraction of sp³-hybridized carbons (Fsp3) is 0. The first-order valence-electron chi connectivity index (χ1n) is 16.0. The molecule has 2 aromatic heterocycles. The normalized spacial score (nSPS) is 11.8. The van der Waals surface area contributed by atoms with Gasteiger partial charge in [0.25, 0.3) is 0 Å². The van der Waals surface area contributed by atoms with E-state index in [2.05, 4.69) is 179 Å². The van der Waals surface area contributed by atoms with Crippen LogP contribution in [0.2, 0.25) is 0 Å². The van der Waals surface area contributed by atoms with E-state index in [-0.39, 0.29) is 0 Å². The predicted octanol–water partition coefficient (Wildman–Crippen LogP) is 12.9. The molecule has 2 nitrogen and oxygen atoms in total. The second kappa shape index (κ2) is 10.3. The molecule has 0 aliphatic rings. The van der Waals surface area contributed by atoms with E-state index in [1.165, 1.54) is 69.6 Å². The molecule has 10 aromatic rings. The van der Waals surface area contributed by atoms with E-state index in [0.29, 0.717) is 0 Å². The number of para-hydroxylation sites is 2. The Morgan fingerprint density at radius 2 is 1.06 bits per heavy atom. The molecule has 0 bridgehead atoms. The van der Waals surface area contributed by atoms with E-state index in [1.807, 2.05) is 11.3 Å². The van der Waals surface area contributed by atoms with Crippen molar-refractivity contribution in [3.63, 3.8) is 0 Å². The molecule has 3 heteroatoms. The lowest BCUT2D eigenvalue weighted by molar-refractivity contribution is 1.18. The maximum Gasteiger partial charge on any atom is 0.0726 e. The molecule has 0 saturated heterocycles. The van der Waals surface area contributed by atoms with E-state index in [4.69, 9.17) is 0 Å². The maximum atomic E-state index is 2.51. The van der Waals surface area contributed by atoms with Gasteiger partial charge in [-0.25, -0.2) is 0 Å². The summed E-state index contributed by atoms with van der Waals surface area (Å²) in [6.45, 7) is 0. The van der Waals surface area contributed by atoms with Crippen molar-refractivity contribution in [3.05, 3.63) is 170 Å². The van der Waals surface area contributed by atoms with Gasteiger partial charge in [-0.15, -0.1) is 11.3 Å². The molecule has 220 valence electrons. The van der Waals surface area contributed by atoms with Gasteiger partial charge >= 0.3 is 0 Å². The second-order valence-corrected chi connectivity index (χ2v) is 13.2. The molecule has 0 N–H and O–H groups in total. The zero-order valence-electron chi connectivity index (χ0n) is 25.5. The van der Waals surface area contributed by atoms with Crippen LogP contribution in [0.3, 0.4) is 0 Å². The Morgan fingerprint density at radius 1 is 0.447 bits per heavy atom. The molecule has 0 spiro atoms. The largest absolute Gasteiger partial charge is 0.310 e. The first-order valence-corrected chi connectivity index (χ1v) is 16.8. The molecular formula is C44H28N2S. The highest BCUT2D eigenvalue weighted by atomic mass is 32.1. The van der Waals surface area contributed by atoms with E-state index >= 15 is 0 Å². The summed E-state index contributed by atoms with van der Waals surface area (Å²) in [5.41, 5.74) is 9.49. The van der Waals surface area contributed by atoms with Gasteiger partial charge in [0.1, 0.15) is 0 Å². The summed E-state index contributed by atoms with van der Waals surface area (Å²) in [6.07, 6.45) is 0. The summed E-state index contributed by atoms with van der Waals surface area (Å²) in [4.78, 5) is 2.39. The fourth-order valence-corrected chi connectivity index (χ4v) is 8.64. The average molecular weight is 617 g/mol. The van der Waals surface area contributed by atoms with E-state index in [9.17, 15) is 0 Å². The van der Waals surface area contributed by atoms with Crippen molar-refractivity contribution in [1.82, 2.24) is 4.57 Å². The van der Waals surface area contributed by atoms with Crippen molar-refractivity contribution in [2.75, 3.05) is 4.90 Å². The molecule has 2 heterocycles. The summed E-state index contributed by atoms with van der Waals surface area (Å²) >= 11 is 1.90. The number of fused-ring (bicyclic) bond motifs is 4. The number of hydrogen-bond acceptors (Lipinski definition) is 2. The average Bonchev–Trinajstić information content (AvgIpc) is 3.69. The van der Waals surface area contributed by atoms with Crippen molar-refractivity contribution in [3.8, 4) is 16.8 Å². The number of nitrogens with zero attached hydrogens (tertiary/aromatic N) is 2. The standard InChI is InChI=1S/C44H28N2S/c1-4-12-29(13-5-1)30-22-24-35(25-23-30)45(33-14-6-2-7-15-33)36-26-31-20-21-32-27-38-37-18-10-11-19-40(37)47-44(38)43-42(32)41(31)39(28-36)46(43)34-16-8-3-9-17-34/h1-28H. The minimum absolute atomic E-state index is 1.12. The van der Waals surface area contributed by atoms with Crippen LogP contribution >= 0.6 is 11.3 Å². The molecule has 10 rings (SSSR count). The third-order valence-corrected chi connectivity index (χ3v) is 10.7. The van der Waals surface area contributed by atoms with Gasteiger partial charge in [-0.3, -0.25) is 0 Å². The molecular weight excluding hydrogens is 589 g/mol. The Balaban J connectivity index is 1.28. The van der Waals surface area contributed by atoms with Crippen molar-refractivity contribution in [2.24, 2.45) is 0 Å². The molecule has 0 atom stereocenters. The predicted molar refractivity (Wildman–Crippen MR) is 202 cm³/mol. The molecule has 47 heavy (non-hydrogen) atoms. The van der Waals surface area contributed by atoms with Crippen LogP contribution in [-0.4, -0.2) is 4.57 Å². The van der Waals surface area contributed by atoms with Crippen LogP contribution in [0, 0.1) is 0 Å². The maximum absolute atomic E-state index is 2.51. The first-order chi connectivity index (χ1) is 23.3. The van der Waals surface area contributed by atoms with Gasteiger partial charge in [-0.1, -0.05) is 109 Å². The van der Waals surface area contributed by atoms with Crippen LogP contribution in [0.15, 0.2) is 170 Å². The van der Waals surface area contributed by atoms with Gasteiger partial charge < -0.3 is 9.47 Å². The minimum atomic E-state index is 1.12. The molecule has 0 unspecified atom stereocenters. The third-order valence-electron chi connectivity index (χ3n) is 9.48. The summed E-state index contributed by atoms with van der Waals surface area (Å²) in [5, 5.41) is 7.83. The lowest BCUT2D eigenvalue weighted by Gasteiger charge is -2.26. The summed E-state index contributed by atoms with van der Waals surface area (Å²) < 4.78 is 5.17. The fourth-order valence-electron chi connectivity index (χ4n) is 7.42. The quantitative estimate of drug-likeness (QED) is 0.175. The molecule has 0 aliphatic carbocycles. The van der Waals surface area contributed by atoms with E-state index < -0.39 is 0 Å². The number of hydrogen-bond donors (Lipinski definition) is 0. The number of benzene rings is 8. The lowest BCUT2D eigenvalue weighted by Crippen LogP contribution is -2.10. The third kappa shape index (κ3) is 4.04. The Labute approximate surface area is 276 Å². The summed E-state index contributed by atoms with van der Waals surface area (Å²) in [6, 6.07) is 61.7. The Kier molecular flexibility index (Phi) is 5.78. The van der Waals surface area contributed by atoms with Crippen LogP contribution in [-0.2, 0) is 0 Å². The van der Waals surface area contributed by atoms with Crippen molar-refractivity contribution in [2.45, 2.75) is 0 Å². The van der Waals surface area contributed by atoms with Gasteiger partial charge in [0.15, 0.2) is 0 Å². The Bertz CT molecular complexity index is 2710. The van der Waals surface area contributed by atoms with Gasteiger partial charge in [0.2, 0.25) is 0 Å². The molecule has 8 aromatic carbocycles. The van der Waals surface area contributed by atoms with Gasteiger partial charge in [0, 0.05) is 49.0 Å². The summed E-state index contributed by atoms with van der Waals surface area (Å²) in [7, 11) is 0. The van der Waals surface area contributed by atoms with Crippen LogP contribution in [0.5, 0.6) is 0 Å².